The molecule has 2 aromatic carbocycles. The lowest BCUT2D eigenvalue weighted by atomic mass is 9.98. The van der Waals surface area contributed by atoms with Crippen LogP contribution in [0, 0.1) is 5.82 Å². The van der Waals surface area contributed by atoms with Crippen LogP contribution in [0.3, 0.4) is 0 Å². The molecule has 2 aliphatic rings. The van der Waals surface area contributed by atoms with Crippen molar-refractivity contribution in [1.29, 1.82) is 0 Å². The number of amides is 2. The van der Waals surface area contributed by atoms with Gasteiger partial charge >= 0.3 is 12.2 Å². The standard InChI is InChI=1S/C34H41FN4O5/c1-33(2,3)43-31(41)37-26-11-10-25(35)18-23(26)19-28(40)24-17-22-9-12-27(29(21-7-8-21)30(22)36-20-24)38-13-15-39(16-14-38)32(42)44-34(4,5)6/h9-12,17-18,20-21H,7-8,13-16,19H2,1-6H3,(H,37,41). The van der Waals surface area contributed by atoms with E-state index in [1.54, 1.807) is 31.9 Å². The highest BCUT2D eigenvalue weighted by atomic mass is 19.1. The number of ketones is 1. The van der Waals surface area contributed by atoms with Crippen molar-refractivity contribution in [2.75, 3.05) is 36.4 Å². The summed E-state index contributed by atoms with van der Waals surface area (Å²) in [6.45, 7) is 13.4. The van der Waals surface area contributed by atoms with E-state index in [1.807, 2.05) is 32.9 Å². The van der Waals surface area contributed by atoms with Crippen LogP contribution in [0.2, 0.25) is 0 Å². The van der Waals surface area contributed by atoms with Crippen LogP contribution in [-0.4, -0.2) is 65.2 Å². The monoisotopic (exact) mass is 604 g/mol. The first-order chi connectivity index (χ1) is 20.7. The number of nitrogens with one attached hydrogen (secondary N) is 1. The minimum Gasteiger partial charge on any atom is -0.444 e. The zero-order valence-corrected chi connectivity index (χ0v) is 26.3. The van der Waals surface area contributed by atoms with E-state index in [9.17, 15) is 18.8 Å². The lowest BCUT2D eigenvalue weighted by Crippen LogP contribution is -2.50. The van der Waals surface area contributed by atoms with Crippen molar-refractivity contribution in [3.05, 3.63) is 65.1 Å². The van der Waals surface area contributed by atoms with Crippen LogP contribution < -0.4 is 10.2 Å². The maximum absolute atomic E-state index is 14.2. The minimum absolute atomic E-state index is 0.119. The van der Waals surface area contributed by atoms with Gasteiger partial charge in [0.05, 0.1) is 5.52 Å². The summed E-state index contributed by atoms with van der Waals surface area (Å²) in [5, 5.41) is 3.50. The Labute approximate surface area is 257 Å². The Morgan fingerprint density at radius 3 is 2.25 bits per heavy atom. The molecule has 0 atom stereocenters. The number of carbonyl (C=O) groups excluding carboxylic acids is 3. The fourth-order valence-corrected chi connectivity index (χ4v) is 5.39. The number of anilines is 2. The highest BCUT2D eigenvalue weighted by molar-refractivity contribution is 6.02. The molecule has 1 N–H and O–H groups in total. The molecule has 1 saturated heterocycles. The third-order valence-corrected chi connectivity index (χ3v) is 7.50. The Morgan fingerprint density at radius 2 is 1.61 bits per heavy atom. The number of fused-ring (bicyclic) bond motifs is 1. The number of hydrogen-bond donors (Lipinski definition) is 1. The fourth-order valence-electron chi connectivity index (χ4n) is 5.39. The number of piperazine rings is 1. The number of halogens is 1. The second-order valence-corrected chi connectivity index (χ2v) is 13.6. The van der Waals surface area contributed by atoms with Gasteiger partial charge in [-0.3, -0.25) is 15.1 Å². The Kier molecular flexibility index (Phi) is 8.55. The van der Waals surface area contributed by atoms with Crippen molar-refractivity contribution < 1.29 is 28.2 Å². The minimum atomic E-state index is -0.704. The number of aromatic nitrogens is 1. The van der Waals surface area contributed by atoms with E-state index in [4.69, 9.17) is 14.5 Å². The molecule has 1 aliphatic carbocycles. The first-order valence-electron chi connectivity index (χ1n) is 15.1. The summed E-state index contributed by atoms with van der Waals surface area (Å²) in [5.41, 5.74) is 3.00. The van der Waals surface area contributed by atoms with Crippen LogP contribution in [0.15, 0.2) is 42.6 Å². The van der Waals surface area contributed by atoms with E-state index >= 15 is 0 Å². The number of hydrogen-bond acceptors (Lipinski definition) is 7. The number of pyridine rings is 1. The molecule has 9 nitrogen and oxygen atoms in total. The molecular formula is C34H41FN4O5. The average Bonchev–Trinajstić information content (AvgIpc) is 3.77. The molecule has 3 aromatic rings. The summed E-state index contributed by atoms with van der Waals surface area (Å²) in [6, 6.07) is 9.81. The van der Waals surface area contributed by atoms with Crippen molar-refractivity contribution in [1.82, 2.24) is 9.88 Å². The molecule has 2 heterocycles. The number of nitrogens with zero attached hydrogens (tertiary/aromatic N) is 3. The van der Waals surface area contributed by atoms with Crippen LogP contribution in [0.4, 0.5) is 25.4 Å². The molecule has 1 aromatic heterocycles. The molecule has 44 heavy (non-hydrogen) atoms. The van der Waals surface area contributed by atoms with E-state index in [-0.39, 0.29) is 18.3 Å². The zero-order chi connectivity index (χ0) is 31.8. The van der Waals surface area contributed by atoms with Crippen molar-refractivity contribution >= 4 is 40.2 Å². The average molecular weight is 605 g/mol. The van der Waals surface area contributed by atoms with Gasteiger partial charge in [0.15, 0.2) is 5.78 Å². The number of Topliss-reactive ketones (excluding diaryl/α,β-unsaturated/α-hetero) is 1. The topological polar surface area (TPSA) is 101 Å². The SMILES string of the molecule is CC(C)(C)OC(=O)Nc1ccc(F)cc1CC(=O)c1cnc2c(C3CC3)c(N3CCN(C(=O)OC(C)(C)C)CC3)ccc2c1. The first-order valence-corrected chi connectivity index (χ1v) is 15.1. The van der Waals surface area contributed by atoms with Gasteiger partial charge < -0.3 is 19.3 Å². The van der Waals surface area contributed by atoms with Crippen molar-refractivity contribution in [3.8, 4) is 0 Å². The quantitative estimate of drug-likeness (QED) is 0.300. The molecule has 0 spiro atoms. The van der Waals surface area contributed by atoms with Crippen LogP contribution >= 0.6 is 0 Å². The molecule has 2 amide bonds. The Bertz CT molecular complexity index is 1580. The van der Waals surface area contributed by atoms with Crippen LogP contribution in [0.25, 0.3) is 10.9 Å². The summed E-state index contributed by atoms with van der Waals surface area (Å²) in [7, 11) is 0. The van der Waals surface area contributed by atoms with E-state index in [0.29, 0.717) is 48.9 Å². The van der Waals surface area contributed by atoms with Gasteiger partial charge in [-0.2, -0.15) is 0 Å². The van der Waals surface area contributed by atoms with Gasteiger partial charge in [-0.1, -0.05) is 6.07 Å². The zero-order valence-electron chi connectivity index (χ0n) is 26.3. The molecule has 5 rings (SSSR count). The van der Waals surface area contributed by atoms with E-state index in [2.05, 4.69) is 16.3 Å². The summed E-state index contributed by atoms with van der Waals surface area (Å²) in [6.07, 6.45) is 2.66. The highest BCUT2D eigenvalue weighted by Crippen LogP contribution is 2.47. The summed E-state index contributed by atoms with van der Waals surface area (Å²) >= 11 is 0. The Balaban J connectivity index is 1.34. The predicted octanol–water partition coefficient (Wildman–Crippen LogP) is 7.08. The molecule has 1 aliphatic heterocycles. The second kappa shape index (κ2) is 12.1. The van der Waals surface area contributed by atoms with Gasteiger partial charge in [0, 0.05) is 66.7 Å². The van der Waals surface area contributed by atoms with Crippen molar-refractivity contribution in [2.45, 2.75) is 77.9 Å². The van der Waals surface area contributed by atoms with Crippen LogP contribution in [0.1, 0.15) is 81.8 Å². The van der Waals surface area contributed by atoms with Gasteiger partial charge in [-0.15, -0.1) is 0 Å². The third-order valence-electron chi connectivity index (χ3n) is 7.50. The normalized spacial score (nSPS) is 15.7. The van der Waals surface area contributed by atoms with Crippen LogP contribution in [0.5, 0.6) is 0 Å². The molecule has 0 bridgehead atoms. The lowest BCUT2D eigenvalue weighted by molar-refractivity contribution is 0.0240. The van der Waals surface area contributed by atoms with Crippen LogP contribution in [-0.2, 0) is 15.9 Å². The van der Waals surface area contributed by atoms with Crippen molar-refractivity contribution in [3.63, 3.8) is 0 Å². The number of carbonyl (C=O) groups is 3. The molecule has 234 valence electrons. The van der Waals surface area contributed by atoms with Gasteiger partial charge in [0.1, 0.15) is 17.0 Å². The molecule has 10 heteroatoms. The molecule has 0 radical (unpaired) electrons. The molecule has 2 fully saturated rings. The molecule has 1 saturated carbocycles. The molecule has 0 unspecified atom stereocenters. The third kappa shape index (κ3) is 7.65. The summed E-state index contributed by atoms with van der Waals surface area (Å²) in [5.74, 6) is -0.347. The summed E-state index contributed by atoms with van der Waals surface area (Å²) in [4.78, 5) is 47.1. The number of benzene rings is 2. The largest absolute Gasteiger partial charge is 0.444 e. The van der Waals surface area contributed by atoms with Gasteiger partial charge in [0.2, 0.25) is 0 Å². The van der Waals surface area contributed by atoms with E-state index in [1.165, 1.54) is 23.8 Å². The summed E-state index contributed by atoms with van der Waals surface area (Å²) < 4.78 is 25.0. The van der Waals surface area contributed by atoms with E-state index < -0.39 is 23.1 Å². The number of rotatable bonds is 6. The molecular weight excluding hydrogens is 563 g/mol. The number of ether oxygens (including phenoxy) is 2. The van der Waals surface area contributed by atoms with E-state index in [0.717, 1.165) is 29.4 Å². The smallest absolute Gasteiger partial charge is 0.412 e. The van der Waals surface area contributed by atoms with Gasteiger partial charge in [0.25, 0.3) is 0 Å². The lowest BCUT2D eigenvalue weighted by Gasteiger charge is -2.37. The van der Waals surface area contributed by atoms with Gasteiger partial charge in [-0.25, -0.2) is 14.0 Å². The second-order valence-electron chi connectivity index (χ2n) is 13.6. The Hall–Kier alpha value is -4.21. The maximum Gasteiger partial charge on any atom is 0.412 e. The van der Waals surface area contributed by atoms with Gasteiger partial charge in [-0.05, 0) is 96.2 Å². The highest BCUT2D eigenvalue weighted by Gasteiger charge is 2.33. The first kappa shape index (κ1) is 31.2. The fraction of sp³-hybridized carbons (Fsp3) is 0.471. The predicted molar refractivity (Wildman–Crippen MR) is 168 cm³/mol. The Morgan fingerprint density at radius 1 is 0.932 bits per heavy atom. The maximum atomic E-state index is 14.2. The van der Waals surface area contributed by atoms with Crippen molar-refractivity contribution in [2.24, 2.45) is 0 Å².